The first-order chi connectivity index (χ1) is 13.2. The van der Waals surface area contributed by atoms with Crippen LogP contribution in [0.1, 0.15) is 43.4 Å². The second-order valence-corrected chi connectivity index (χ2v) is 7.18. The highest BCUT2D eigenvalue weighted by Gasteiger charge is 2.29. The molecule has 1 amide bonds. The Labute approximate surface area is 165 Å². The third kappa shape index (κ3) is 5.70. The molecule has 144 valence electrons. The molecule has 0 aliphatic carbocycles. The number of carbonyl (C=O) groups excluding carboxylic acids is 1. The molecule has 2 aromatic carbocycles. The first-order valence-corrected chi connectivity index (χ1v) is 9.79. The topological polar surface area (TPSA) is 62.4 Å². The van der Waals surface area contributed by atoms with Gasteiger partial charge in [-0.25, -0.2) is 10.9 Å². The first kappa shape index (κ1) is 19.7. The van der Waals surface area contributed by atoms with Crippen LogP contribution in [0.3, 0.4) is 0 Å². The molecule has 6 heteroatoms. The zero-order valence-corrected chi connectivity index (χ0v) is 16.3. The number of hydrazine groups is 1. The lowest BCUT2D eigenvalue weighted by Crippen LogP contribution is -2.42. The van der Waals surface area contributed by atoms with Gasteiger partial charge in [0.1, 0.15) is 11.8 Å². The van der Waals surface area contributed by atoms with Gasteiger partial charge in [0.15, 0.2) is 0 Å². The summed E-state index contributed by atoms with van der Waals surface area (Å²) in [6, 6.07) is 15.4. The van der Waals surface area contributed by atoms with Gasteiger partial charge in [0.2, 0.25) is 5.91 Å². The van der Waals surface area contributed by atoms with Gasteiger partial charge in [0, 0.05) is 17.6 Å². The van der Waals surface area contributed by atoms with Crippen LogP contribution >= 0.6 is 11.6 Å². The van der Waals surface area contributed by atoms with E-state index in [2.05, 4.69) is 23.1 Å². The van der Waals surface area contributed by atoms with Crippen molar-refractivity contribution >= 4 is 17.5 Å². The minimum atomic E-state index is -0.269. The van der Waals surface area contributed by atoms with Gasteiger partial charge in [-0.3, -0.25) is 4.79 Å². The normalized spacial score (nSPS) is 19.0. The van der Waals surface area contributed by atoms with Crippen LogP contribution in [0.5, 0.6) is 5.75 Å². The Morgan fingerprint density at radius 3 is 2.78 bits per heavy atom. The van der Waals surface area contributed by atoms with E-state index in [1.165, 1.54) is 0 Å². The number of hydrogen-bond donors (Lipinski definition) is 3. The van der Waals surface area contributed by atoms with Crippen molar-refractivity contribution in [1.82, 2.24) is 16.2 Å². The minimum Gasteiger partial charge on any atom is -0.494 e. The first-order valence-electron chi connectivity index (χ1n) is 9.41. The van der Waals surface area contributed by atoms with Gasteiger partial charge < -0.3 is 10.1 Å². The van der Waals surface area contributed by atoms with Crippen LogP contribution in [0.25, 0.3) is 0 Å². The summed E-state index contributed by atoms with van der Waals surface area (Å²) in [6.07, 6.45) is 2.87. The van der Waals surface area contributed by atoms with Crippen LogP contribution in [0.15, 0.2) is 48.5 Å². The summed E-state index contributed by atoms with van der Waals surface area (Å²) in [7, 11) is 0. The van der Waals surface area contributed by atoms with E-state index in [4.69, 9.17) is 16.3 Å². The number of hydrogen-bond acceptors (Lipinski definition) is 4. The predicted octanol–water partition coefficient (Wildman–Crippen LogP) is 3.74. The summed E-state index contributed by atoms with van der Waals surface area (Å²) >= 11 is 5.98. The molecule has 0 saturated carbocycles. The fraction of sp³-hybridized carbons (Fsp3) is 0.381. The van der Waals surface area contributed by atoms with E-state index in [9.17, 15) is 4.79 Å². The Balaban J connectivity index is 1.48. The summed E-state index contributed by atoms with van der Waals surface area (Å²) in [4.78, 5) is 12.4. The van der Waals surface area contributed by atoms with Crippen LogP contribution in [0.4, 0.5) is 0 Å². The maximum atomic E-state index is 12.4. The van der Waals surface area contributed by atoms with Crippen molar-refractivity contribution in [3.63, 3.8) is 0 Å². The van der Waals surface area contributed by atoms with Crippen LogP contribution in [0, 0.1) is 0 Å². The lowest BCUT2D eigenvalue weighted by molar-refractivity contribution is -0.123. The number of ether oxygens (including phenoxy) is 1. The van der Waals surface area contributed by atoms with E-state index in [-0.39, 0.29) is 18.0 Å². The maximum Gasteiger partial charge on any atom is 0.238 e. The molecule has 2 atom stereocenters. The minimum absolute atomic E-state index is 0.0236. The third-order valence-corrected chi connectivity index (χ3v) is 4.86. The molecule has 1 saturated heterocycles. The van der Waals surface area contributed by atoms with Crippen LogP contribution < -0.4 is 20.9 Å². The molecule has 1 aliphatic heterocycles. The van der Waals surface area contributed by atoms with E-state index in [1.54, 1.807) is 0 Å². The van der Waals surface area contributed by atoms with Crippen LogP contribution in [-0.2, 0) is 11.3 Å². The summed E-state index contributed by atoms with van der Waals surface area (Å²) in [5.41, 5.74) is 8.42. The smallest absolute Gasteiger partial charge is 0.238 e. The van der Waals surface area contributed by atoms with Gasteiger partial charge in [-0.1, -0.05) is 49.2 Å². The van der Waals surface area contributed by atoms with Crippen molar-refractivity contribution in [1.29, 1.82) is 0 Å². The number of rotatable bonds is 8. The Morgan fingerprint density at radius 1 is 1.22 bits per heavy atom. The quantitative estimate of drug-likeness (QED) is 0.604. The summed E-state index contributed by atoms with van der Waals surface area (Å²) in [5.74, 6) is 0.860. The van der Waals surface area contributed by atoms with E-state index < -0.39 is 0 Å². The lowest BCUT2D eigenvalue weighted by atomic mass is 10.0. The van der Waals surface area contributed by atoms with Crippen molar-refractivity contribution < 1.29 is 9.53 Å². The van der Waals surface area contributed by atoms with Gasteiger partial charge in [0.25, 0.3) is 0 Å². The number of benzene rings is 2. The van der Waals surface area contributed by atoms with Crippen molar-refractivity contribution in [2.45, 2.75) is 44.8 Å². The van der Waals surface area contributed by atoms with Crippen LogP contribution in [0.2, 0.25) is 5.02 Å². The second kappa shape index (κ2) is 9.74. The highest BCUT2D eigenvalue weighted by atomic mass is 35.5. The molecule has 1 heterocycles. The zero-order chi connectivity index (χ0) is 19.1. The predicted molar refractivity (Wildman–Crippen MR) is 108 cm³/mol. The largest absolute Gasteiger partial charge is 0.494 e. The van der Waals surface area contributed by atoms with Crippen molar-refractivity contribution in [3.8, 4) is 5.75 Å². The highest BCUT2D eigenvalue weighted by Crippen LogP contribution is 2.24. The van der Waals surface area contributed by atoms with E-state index >= 15 is 0 Å². The van der Waals surface area contributed by atoms with Crippen molar-refractivity contribution in [2.24, 2.45) is 0 Å². The average molecular weight is 388 g/mol. The molecule has 2 aromatic rings. The van der Waals surface area contributed by atoms with Gasteiger partial charge in [-0.15, -0.1) is 0 Å². The fourth-order valence-electron chi connectivity index (χ4n) is 3.04. The molecule has 0 bridgehead atoms. The molecule has 3 rings (SSSR count). The molecule has 0 radical (unpaired) electrons. The summed E-state index contributed by atoms with van der Waals surface area (Å²) in [5, 5.41) is 3.63. The lowest BCUT2D eigenvalue weighted by Gasteiger charge is -2.12. The third-order valence-electron chi connectivity index (χ3n) is 4.62. The number of carbonyl (C=O) groups is 1. The summed E-state index contributed by atoms with van der Waals surface area (Å²) in [6.45, 7) is 3.35. The molecular weight excluding hydrogens is 362 g/mol. The fourth-order valence-corrected chi connectivity index (χ4v) is 3.25. The van der Waals surface area contributed by atoms with Crippen molar-refractivity contribution in [3.05, 3.63) is 64.7 Å². The Hall–Kier alpha value is -2.08. The standard InChI is InChI=1S/C21H26ClN3O2/c1-2-3-11-27-18-9-7-16(8-10-18)19-13-20(25-24-19)21(26)23-14-15-5-4-6-17(22)12-15/h4-10,12,19-20,24-25H,2-3,11,13-14H2,1H3,(H,23,26). The molecule has 1 fully saturated rings. The Bertz CT molecular complexity index is 751. The summed E-state index contributed by atoms with van der Waals surface area (Å²) < 4.78 is 5.70. The van der Waals surface area contributed by atoms with Gasteiger partial charge in [0.05, 0.1) is 6.61 Å². The molecule has 3 N–H and O–H groups in total. The molecule has 1 aliphatic rings. The number of halogens is 1. The molecule has 0 spiro atoms. The van der Waals surface area contributed by atoms with E-state index in [0.29, 0.717) is 18.0 Å². The monoisotopic (exact) mass is 387 g/mol. The van der Waals surface area contributed by atoms with E-state index in [1.807, 2.05) is 48.5 Å². The maximum absolute atomic E-state index is 12.4. The number of nitrogens with one attached hydrogen (secondary N) is 3. The number of amides is 1. The van der Waals surface area contributed by atoms with E-state index in [0.717, 1.165) is 36.3 Å². The SMILES string of the molecule is CCCCOc1ccc(C2CC(C(=O)NCc3cccc(Cl)c3)NN2)cc1. The molecule has 27 heavy (non-hydrogen) atoms. The Kier molecular flexibility index (Phi) is 7.10. The molecule has 0 aromatic heterocycles. The second-order valence-electron chi connectivity index (χ2n) is 6.75. The molecule has 5 nitrogen and oxygen atoms in total. The number of unbranched alkanes of at least 4 members (excludes halogenated alkanes) is 1. The van der Waals surface area contributed by atoms with Gasteiger partial charge >= 0.3 is 0 Å². The molecular formula is C21H26ClN3O2. The zero-order valence-electron chi connectivity index (χ0n) is 15.5. The average Bonchev–Trinajstić information content (AvgIpc) is 3.17. The van der Waals surface area contributed by atoms with Gasteiger partial charge in [-0.2, -0.15) is 0 Å². The van der Waals surface area contributed by atoms with Gasteiger partial charge in [-0.05, 0) is 48.2 Å². The highest BCUT2D eigenvalue weighted by molar-refractivity contribution is 6.30. The molecule has 2 unspecified atom stereocenters. The Morgan fingerprint density at radius 2 is 2.04 bits per heavy atom. The van der Waals surface area contributed by atoms with Crippen LogP contribution in [-0.4, -0.2) is 18.6 Å². The van der Waals surface area contributed by atoms with Crippen molar-refractivity contribution in [2.75, 3.05) is 6.61 Å².